The first-order valence-corrected chi connectivity index (χ1v) is 8.71. The van der Waals surface area contributed by atoms with Crippen LogP contribution in [0, 0.1) is 0 Å². The van der Waals surface area contributed by atoms with E-state index in [4.69, 9.17) is 0 Å². The van der Waals surface area contributed by atoms with Crippen molar-refractivity contribution in [3.8, 4) is 0 Å². The van der Waals surface area contributed by atoms with Crippen LogP contribution in [0.5, 0.6) is 0 Å². The van der Waals surface area contributed by atoms with Gasteiger partial charge in [-0.15, -0.1) is 0 Å². The summed E-state index contributed by atoms with van der Waals surface area (Å²) in [4.78, 5) is 4.67. The maximum Gasteiger partial charge on any atom is 0.0270 e. The Balaban J connectivity index is 2.12. The molecule has 0 bridgehead atoms. The number of pyridine rings is 1. The monoisotopic (exact) mass is 325 g/mol. The fraction of sp³-hybridized carbons (Fsp3) is 0.706. The molecular weight excluding hydrogens is 298 g/mol. The van der Waals surface area contributed by atoms with E-state index in [2.05, 4.69) is 46.9 Å². The molecule has 0 aliphatic rings. The molecule has 0 saturated heterocycles. The van der Waals surface area contributed by atoms with Gasteiger partial charge in [0.2, 0.25) is 0 Å². The summed E-state index contributed by atoms with van der Waals surface area (Å²) in [6.07, 6.45) is 14.8. The molecular formula is C17H28BrN. The summed E-state index contributed by atoms with van der Waals surface area (Å²) in [6, 6.07) is 4.26. The molecule has 0 aliphatic carbocycles. The van der Waals surface area contributed by atoms with Gasteiger partial charge in [0.15, 0.2) is 0 Å². The average Bonchev–Trinajstić information content (AvgIpc) is 2.46. The molecule has 0 N–H and O–H groups in total. The highest BCUT2D eigenvalue weighted by molar-refractivity contribution is 9.09. The third-order valence-electron chi connectivity index (χ3n) is 3.86. The van der Waals surface area contributed by atoms with E-state index in [0.717, 1.165) is 0 Å². The molecule has 1 aromatic heterocycles. The molecule has 2 heteroatoms. The predicted octanol–water partition coefficient (Wildman–Crippen LogP) is 6.09. The summed E-state index contributed by atoms with van der Waals surface area (Å²) < 4.78 is 0. The maximum absolute atomic E-state index is 4.08. The van der Waals surface area contributed by atoms with Crippen LogP contribution in [0.2, 0.25) is 0 Å². The van der Waals surface area contributed by atoms with Crippen LogP contribution in [0.3, 0.4) is 0 Å². The van der Waals surface area contributed by atoms with Crippen LogP contribution in [0.4, 0.5) is 0 Å². The molecule has 1 rings (SSSR count). The van der Waals surface area contributed by atoms with Gasteiger partial charge in [0.25, 0.3) is 0 Å². The average molecular weight is 326 g/mol. The molecule has 0 spiro atoms. The minimum Gasteiger partial charge on any atom is -0.265 e. The number of hydrogen-bond donors (Lipinski definition) is 0. The molecule has 1 aromatic rings. The van der Waals surface area contributed by atoms with Crippen molar-refractivity contribution in [3.63, 3.8) is 0 Å². The lowest BCUT2D eigenvalue weighted by Crippen LogP contribution is -2.09. The summed E-state index contributed by atoms with van der Waals surface area (Å²) in [5.74, 6) is 0.572. The molecule has 19 heavy (non-hydrogen) atoms. The Morgan fingerprint density at radius 1 is 1.00 bits per heavy atom. The number of aromatic nitrogens is 1. The molecule has 0 saturated carbocycles. The van der Waals surface area contributed by atoms with Crippen LogP contribution in [0.25, 0.3) is 0 Å². The Bertz CT molecular complexity index is 312. The van der Waals surface area contributed by atoms with Crippen molar-refractivity contribution in [2.75, 3.05) is 0 Å². The van der Waals surface area contributed by atoms with Gasteiger partial charge in [-0.2, -0.15) is 0 Å². The molecule has 0 fully saturated rings. The fourth-order valence-electron chi connectivity index (χ4n) is 2.42. The lowest BCUT2D eigenvalue weighted by atomic mass is 9.95. The summed E-state index contributed by atoms with van der Waals surface area (Å²) in [5, 5.41) is 0. The van der Waals surface area contributed by atoms with E-state index >= 15 is 0 Å². The smallest absolute Gasteiger partial charge is 0.0270 e. The Kier molecular flexibility index (Phi) is 9.15. The second-order valence-corrected chi connectivity index (χ2v) is 6.67. The van der Waals surface area contributed by atoms with Gasteiger partial charge in [-0.05, 0) is 30.0 Å². The van der Waals surface area contributed by atoms with Crippen LogP contribution < -0.4 is 0 Å². The van der Waals surface area contributed by atoms with Crippen LogP contribution in [-0.2, 0) is 0 Å². The zero-order chi connectivity index (χ0) is 13.9. The fourth-order valence-corrected chi connectivity index (χ4v) is 3.05. The zero-order valence-electron chi connectivity index (χ0n) is 12.4. The van der Waals surface area contributed by atoms with Crippen LogP contribution in [0.15, 0.2) is 24.5 Å². The minimum atomic E-state index is 0.572. The van der Waals surface area contributed by atoms with Crippen molar-refractivity contribution in [2.45, 2.75) is 76.0 Å². The summed E-state index contributed by atoms with van der Waals surface area (Å²) in [6.45, 7) is 4.58. The first-order chi connectivity index (χ1) is 9.25. The lowest BCUT2D eigenvalue weighted by Gasteiger charge is -2.18. The molecule has 108 valence electrons. The van der Waals surface area contributed by atoms with Gasteiger partial charge < -0.3 is 0 Å². The Morgan fingerprint density at radius 3 is 2.21 bits per heavy atom. The highest BCUT2D eigenvalue weighted by atomic mass is 79.9. The van der Waals surface area contributed by atoms with Crippen molar-refractivity contribution in [3.05, 3.63) is 30.1 Å². The van der Waals surface area contributed by atoms with Crippen molar-refractivity contribution >= 4 is 15.9 Å². The van der Waals surface area contributed by atoms with Crippen LogP contribution >= 0.6 is 15.9 Å². The van der Waals surface area contributed by atoms with Crippen LogP contribution in [0.1, 0.15) is 76.7 Å². The number of nitrogens with zero attached hydrogens (tertiary/aromatic N) is 1. The topological polar surface area (TPSA) is 12.9 Å². The molecule has 1 heterocycles. The van der Waals surface area contributed by atoms with E-state index in [-0.39, 0.29) is 0 Å². The van der Waals surface area contributed by atoms with Gasteiger partial charge in [-0.25, -0.2) is 0 Å². The molecule has 0 amide bonds. The number of unbranched alkanes of at least 4 members (excludes halogenated alkanes) is 6. The molecule has 2 unspecified atom stereocenters. The number of rotatable bonds is 10. The molecule has 0 aliphatic heterocycles. The van der Waals surface area contributed by atoms with Crippen LogP contribution in [-0.4, -0.2) is 9.81 Å². The van der Waals surface area contributed by atoms with E-state index in [9.17, 15) is 0 Å². The highest BCUT2D eigenvalue weighted by Gasteiger charge is 2.15. The van der Waals surface area contributed by atoms with E-state index in [1.807, 2.05) is 12.4 Å². The summed E-state index contributed by atoms with van der Waals surface area (Å²) >= 11 is 3.85. The normalized spacial score (nSPS) is 14.3. The first kappa shape index (κ1) is 16.7. The second kappa shape index (κ2) is 10.4. The van der Waals surface area contributed by atoms with Gasteiger partial charge in [0.05, 0.1) is 0 Å². The van der Waals surface area contributed by atoms with E-state index in [1.54, 1.807) is 0 Å². The summed E-state index contributed by atoms with van der Waals surface area (Å²) in [5.41, 5.74) is 1.39. The highest BCUT2D eigenvalue weighted by Crippen LogP contribution is 2.28. The Morgan fingerprint density at radius 2 is 1.58 bits per heavy atom. The quantitative estimate of drug-likeness (QED) is 0.374. The van der Waals surface area contributed by atoms with Gasteiger partial charge >= 0.3 is 0 Å². The van der Waals surface area contributed by atoms with Gasteiger partial charge in [-0.1, -0.05) is 74.7 Å². The van der Waals surface area contributed by atoms with E-state index in [0.29, 0.717) is 10.7 Å². The van der Waals surface area contributed by atoms with Gasteiger partial charge in [0, 0.05) is 17.2 Å². The van der Waals surface area contributed by atoms with Crippen molar-refractivity contribution in [1.82, 2.24) is 4.98 Å². The zero-order valence-corrected chi connectivity index (χ0v) is 14.0. The third kappa shape index (κ3) is 7.10. The van der Waals surface area contributed by atoms with Gasteiger partial charge in [0.1, 0.15) is 0 Å². The van der Waals surface area contributed by atoms with E-state index in [1.165, 1.54) is 56.9 Å². The van der Waals surface area contributed by atoms with Crippen molar-refractivity contribution in [1.29, 1.82) is 0 Å². The van der Waals surface area contributed by atoms with Gasteiger partial charge in [-0.3, -0.25) is 4.98 Å². The first-order valence-electron chi connectivity index (χ1n) is 7.79. The molecule has 0 radical (unpaired) electrons. The SMILES string of the molecule is CCCCCCCCCC(Br)C(C)c1ccncc1. The number of halogens is 1. The summed E-state index contributed by atoms with van der Waals surface area (Å²) in [7, 11) is 0. The van der Waals surface area contributed by atoms with Crippen molar-refractivity contribution < 1.29 is 0 Å². The molecule has 1 nitrogen and oxygen atoms in total. The lowest BCUT2D eigenvalue weighted by molar-refractivity contribution is 0.554. The van der Waals surface area contributed by atoms with E-state index < -0.39 is 0 Å². The predicted molar refractivity (Wildman–Crippen MR) is 88.0 cm³/mol. The largest absolute Gasteiger partial charge is 0.265 e. The number of alkyl halides is 1. The second-order valence-electron chi connectivity index (χ2n) is 5.50. The minimum absolute atomic E-state index is 0.572. The maximum atomic E-state index is 4.08. The molecule has 0 aromatic carbocycles. The Labute approximate surface area is 127 Å². The molecule has 2 atom stereocenters. The third-order valence-corrected chi connectivity index (χ3v) is 5.11. The Hall–Kier alpha value is -0.370. The standard InChI is InChI=1S/C17H28BrN/c1-3-4-5-6-7-8-9-10-17(18)15(2)16-11-13-19-14-12-16/h11-15,17H,3-10H2,1-2H3. The number of hydrogen-bond acceptors (Lipinski definition) is 1. The van der Waals surface area contributed by atoms with Crippen molar-refractivity contribution in [2.24, 2.45) is 0 Å².